The van der Waals surface area contributed by atoms with Gasteiger partial charge in [0.1, 0.15) is 17.3 Å². The van der Waals surface area contributed by atoms with E-state index in [1.807, 2.05) is 87.4 Å². The van der Waals surface area contributed by atoms with E-state index in [1.165, 1.54) is 4.88 Å². The topological polar surface area (TPSA) is 190 Å². The molecule has 0 atom stereocenters. The third kappa shape index (κ3) is 8.27. The number of para-hydroxylation sites is 2. The molecule has 0 saturated heterocycles. The van der Waals surface area contributed by atoms with Crippen LogP contribution in [0.25, 0.3) is 116 Å². The number of hydrogen-bond donors (Lipinski definition) is 5. The molecule has 0 aliphatic heterocycles. The molecule has 0 radical (unpaired) electrons. The van der Waals surface area contributed by atoms with E-state index in [1.54, 1.807) is 28.9 Å². The molecule has 0 aliphatic rings. The minimum atomic E-state index is -0.130. The van der Waals surface area contributed by atoms with E-state index in [9.17, 15) is 4.79 Å². The summed E-state index contributed by atoms with van der Waals surface area (Å²) >= 11 is 3.44. The third-order valence-corrected chi connectivity index (χ3v) is 15.1. The number of nitrogens with zero attached hydrogens (tertiary/aromatic N) is 9. The molecule has 0 saturated carbocycles. The van der Waals surface area contributed by atoms with Crippen molar-refractivity contribution in [1.82, 2.24) is 60.2 Å². The molecule has 74 heavy (non-hydrogen) atoms. The van der Waals surface area contributed by atoms with Gasteiger partial charge in [-0.1, -0.05) is 59.7 Å². The third-order valence-electron chi connectivity index (χ3n) is 13.0. The number of aromatic amines is 4. The first-order valence-corrected chi connectivity index (χ1v) is 25.6. The van der Waals surface area contributed by atoms with Gasteiger partial charge in [0.25, 0.3) is 0 Å². The highest BCUT2D eigenvalue weighted by molar-refractivity contribution is 7.16. The lowest BCUT2D eigenvalue weighted by Gasteiger charge is -2.10. The molecule has 0 fully saturated rings. The summed E-state index contributed by atoms with van der Waals surface area (Å²) in [7, 11) is 4.09. The molecule has 13 aromatic rings. The number of nitrogens with one attached hydrogen (secondary N) is 5. The van der Waals surface area contributed by atoms with Crippen molar-refractivity contribution in [2.75, 3.05) is 19.4 Å². The average Bonchev–Trinajstić information content (AvgIpc) is 4.28. The fourth-order valence-corrected chi connectivity index (χ4v) is 11.6. The number of imidazole rings is 2. The maximum absolute atomic E-state index is 13.3. The standard InChI is InChI=1S/C57H44N14OS2/c1-31-16-17-47(73-31)40-12-8-14-44-49(40)64-56(62-44)52-43-23-38(36-21-39(28-59-26-36)61-48(72)20-33-10-6-5-7-11-33)30-71(57(43)69-67-52)46-18-32(2)74-53(46)41-13-9-15-45-50(41)65-55(63-45)51-42-22-37(27-60-54(42)68-66-51)35-19-34(24-58-25-35)29-70(3)4/h5-19,21-28,30H,20,29H2,1-4H3,(H4,60,61,62,63,64,65,66,67,68,72)/p+1. The van der Waals surface area contributed by atoms with Crippen molar-refractivity contribution >= 4 is 78.4 Å². The number of pyridine rings is 4. The predicted octanol–water partition coefficient (Wildman–Crippen LogP) is 11.6. The molecule has 3 aromatic carbocycles. The van der Waals surface area contributed by atoms with Crippen LogP contribution in [0.15, 0.2) is 146 Å². The highest BCUT2D eigenvalue weighted by Gasteiger charge is 2.28. The number of rotatable bonds is 12. The van der Waals surface area contributed by atoms with Crippen LogP contribution in [0, 0.1) is 13.8 Å². The summed E-state index contributed by atoms with van der Waals surface area (Å²) in [6.07, 6.45) is 11.4. The summed E-state index contributed by atoms with van der Waals surface area (Å²) in [6.45, 7) is 5.01. The Morgan fingerprint density at radius 3 is 2.12 bits per heavy atom. The van der Waals surface area contributed by atoms with Crippen LogP contribution in [0.1, 0.15) is 20.9 Å². The molecule has 5 N–H and O–H groups in total. The van der Waals surface area contributed by atoms with Crippen molar-refractivity contribution in [3.8, 4) is 71.9 Å². The molecule has 360 valence electrons. The zero-order chi connectivity index (χ0) is 50.0. The maximum atomic E-state index is 13.3. The summed E-state index contributed by atoms with van der Waals surface area (Å²) in [5.74, 6) is 1.12. The number of carbonyl (C=O) groups excluding carboxylic acids is 1. The lowest BCUT2D eigenvalue weighted by Crippen LogP contribution is -2.32. The Kier molecular flexibility index (Phi) is 11.1. The van der Waals surface area contributed by atoms with Gasteiger partial charge in [0, 0.05) is 79.3 Å². The highest BCUT2D eigenvalue weighted by Crippen LogP contribution is 2.40. The van der Waals surface area contributed by atoms with Crippen molar-refractivity contribution in [3.05, 3.63) is 167 Å². The number of carbonyl (C=O) groups is 1. The Morgan fingerprint density at radius 2 is 1.35 bits per heavy atom. The van der Waals surface area contributed by atoms with Crippen LogP contribution in [-0.2, 0) is 17.8 Å². The Bertz CT molecular complexity index is 4290. The van der Waals surface area contributed by atoms with Gasteiger partial charge in [-0.05, 0) is 93.7 Å². The quantitative estimate of drug-likeness (QED) is 0.0742. The van der Waals surface area contributed by atoms with Crippen LogP contribution in [0.4, 0.5) is 5.69 Å². The monoisotopic (exact) mass is 1010 g/mol. The van der Waals surface area contributed by atoms with Gasteiger partial charge in [0.05, 0.1) is 50.6 Å². The molecule has 10 aromatic heterocycles. The SMILES string of the molecule is Cc1ccc(-c2cccc3[nH]c(-c4n[nH]c5c4cc(-c4cncc(NC(=O)Cc6ccccc6)c4)c[n+]5-c4cc(C)sc4-c4cccc5[nH]c(-c6n[nH]c7ncc(-c8cncc(CN(C)C)c8)cc67)nc45)nc23)s1. The van der Waals surface area contributed by atoms with Gasteiger partial charge in [0.15, 0.2) is 28.7 Å². The normalized spacial score (nSPS) is 11.8. The smallest absolute Gasteiger partial charge is 0.314 e. The van der Waals surface area contributed by atoms with E-state index in [2.05, 4.69) is 126 Å². The van der Waals surface area contributed by atoms with Crippen molar-refractivity contribution in [1.29, 1.82) is 0 Å². The largest absolute Gasteiger partial charge is 0.337 e. The van der Waals surface area contributed by atoms with Crippen molar-refractivity contribution < 1.29 is 9.36 Å². The molecule has 0 unspecified atom stereocenters. The molecule has 15 nitrogen and oxygen atoms in total. The Hall–Kier alpha value is -9.03. The van der Waals surface area contributed by atoms with Crippen LogP contribution >= 0.6 is 22.7 Å². The highest BCUT2D eigenvalue weighted by atomic mass is 32.1. The first-order valence-electron chi connectivity index (χ1n) is 24.0. The molecule has 0 spiro atoms. The fourth-order valence-electron chi connectivity index (χ4n) is 9.70. The number of H-pyrrole nitrogens is 4. The number of anilines is 1. The van der Waals surface area contributed by atoms with Gasteiger partial charge >= 0.3 is 5.65 Å². The van der Waals surface area contributed by atoms with Crippen LogP contribution in [0.3, 0.4) is 0 Å². The van der Waals surface area contributed by atoms with Crippen LogP contribution < -0.4 is 9.88 Å². The van der Waals surface area contributed by atoms with E-state index < -0.39 is 0 Å². The predicted molar refractivity (Wildman–Crippen MR) is 294 cm³/mol. The van der Waals surface area contributed by atoms with Crippen molar-refractivity contribution in [2.45, 2.75) is 26.8 Å². The summed E-state index contributed by atoms with van der Waals surface area (Å²) in [5, 5.41) is 21.1. The number of aromatic nitrogens is 12. The average molecular weight is 1010 g/mol. The number of fused-ring (bicyclic) bond motifs is 4. The van der Waals surface area contributed by atoms with Crippen LogP contribution in [-0.4, -0.2) is 80.2 Å². The first kappa shape index (κ1) is 44.9. The second-order valence-electron chi connectivity index (χ2n) is 18.7. The van der Waals surface area contributed by atoms with Gasteiger partial charge in [0.2, 0.25) is 5.91 Å². The molecule has 0 aliphatic carbocycles. The van der Waals surface area contributed by atoms with Crippen molar-refractivity contribution in [2.24, 2.45) is 0 Å². The molecule has 13 rings (SSSR count). The number of aryl methyl sites for hydroxylation is 2. The van der Waals surface area contributed by atoms with Gasteiger partial charge in [-0.25, -0.2) is 15.0 Å². The second kappa shape index (κ2) is 18.2. The van der Waals surface area contributed by atoms with E-state index in [0.717, 1.165) is 110 Å². The molecule has 0 bridgehead atoms. The van der Waals surface area contributed by atoms with E-state index >= 15 is 0 Å². The van der Waals surface area contributed by atoms with Gasteiger partial charge in [-0.2, -0.15) is 9.67 Å². The van der Waals surface area contributed by atoms with E-state index in [-0.39, 0.29) is 12.3 Å². The number of hydrogen-bond acceptors (Lipinski definition) is 11. The van der Waals surface area contributed by atoms with Gasteiger partial charge in [-0.15, -0.1) is 27.8 Å². The molecule has 10 heterocycles. The summed E-state index contributed by atoms with van der Waals surface area (Å²) in [5.41, 5.74) is 15.3. The van der Waals surface area contributed by atoms with Crippen LogP contribution in [0.5, 0.6) is 0 Å². The second-order valence-corrected chi connectivity index (χ2v) is 21.2. The molecular formula is C57H45N14OS2+. The van der Waals surface area contributed by atoms with E-state index in [0.29, 0.717) is 34.4 Å². The Labute approximate surface area is 431 Å². The molecular weight excluding hydrogens is 961 g/mol. The number of benzene rings is 3. The Morgan fingerprint density at radius 1 is 0.649 bits per heavy atom. The number of thiophene rings is 2. The van der Waals surface area contributed by atoms with Gasteiger partial charge < -0.3 is 20.2 Å². The van der Waals surface area contributed by atoms with Crippen LogP contribution in [0.2, 0.25) is 0 Å². The Balaban J connectivity index is 0.934. The molecule has 1 amide bonds. The zero-order valence-corrected chi connectivity index (χ0v) is 42.2. The summed E-state index contributed by atoms with van der Waals surface area (Å²) < 4.78 is 2.16. The zero-order valence-electron chi connectivity index (χ0n) is 40.5. The minimum absolute atomic E-state index is 0.130. The van der Waals surface area contributed by atoms with Crippen molar-refractivity contribution in [3.63, 3.8) is 0 Å². The minimum Gasteiger partial charge on any atom is -0.337 e. The molecule has 17 heteroatoms. The maximum Gasteiger partial charge on any atom is 0.314 e. The van der Waals surface area contributed by atoms with Gasteiger partial charge in [-0.3, -0.25) is 19.9 Å². The van der Waals surface area contributed by atoms with E-state index in [4.69, 9.17) is 25.1 Å². The summed E-state index contributed by atoms with van der Waals surface area (Å²) in [4.78, 5) is 51.6. The summed E-state index contributed by atoms with van der Waals surface area (Å²) in [6, 6.07) is 36.9. The first-order chi connectivity index (χ1) is 36.1. The lowest BCUT2D eigenvalue weighted by atomic mass is 10.1. The lowest BCUT2D eigenvalue weighted by molar-refractivity contribution is -0.567. The fraction of sp³-hybridized carbons (Fsp3) is 0.105. The number of amides is 1.